The minimum atomic E-state index is 0.494. The zero-order valence-electron chi connectivity index (χ0n) is 13.3. The first kappa shape index (κ1) is 14.0. The van der Waals surface area contributed by atoms with Crippen molar-refractivity contribution in [3.63, 3.8) is 0 Å². The van der Waals surface area contributed by atoms with Gasteiger partial charge in [-0.05, 0) is 24.3 Å². The average molecular weight is 312 g/mol. The van der Waals surface area contributed by atoms with Gasteiger partial charge in [0.25, 0.3) is 0 Å². The molecule has 0 radical (unpaired) electrons. The van der Waals surface area contributed by atoms with Crippen LogP contribution in [0.25, 0.3) is 11.0 Å². The molecule has 2 N–H and O–H groups in total. The third-order valence-corrected chi connectivity index (χ3v) is 4.46. The highest BCUT2D eigenvalue weighted by molar-refractivity contribution is 5.86. The smallest absolute Gasteiger partial charge is 0.229 e. The van der Waals surface area contributed by atoms with E-state index >= 15 is 0 Å². The van der Waals surface area contributed by atoms with E-state index in [0.717, 1.165) is 37.0 Å². The van der Waals surface area contributed by atoms with E-state index in [1.165, 1.54) is 5.56 Å². The molecule has 120 valence electrons. The molecule has 0 amide bonds. The summed E-state index contributed by atoms with van der Waals surface area (Å²) in [7, 11) is 3.82. The van der Waals surface area contributed by atoms with Gasteiger partial charge in [-0.25, -0.2) is 0 Å². The first-order chi connectivity index (χ1) is 11.1. The van der Waals surface area contributed by atoms with Crippen molar-refractivity contribution in [1.82, 2.24) is 29.5 Å². The normalized spacial score (nSPS) is 18.2. The summed E-state index contributed by atoms with van der Waals surface area (Å²) in [6, 6.07) is 0. The number of nitrogens with zero attached hydrogens (tertiary/aromatic N) is 7. The largest absolute Gasteiger partial charge is 0.383 e. The molecule has 1 atom stereocenters. The molecule has 0 bridgehead atoms. The number of anilines is 2. The summed E-state index contributed by atoms with van der Waals surface area (Å²) >= 11 is 0. The molecule has 0 saturated carbocycles. The molecule has 8 nitrogen and oxygen atoms in total. The third-order valence-electron chi connectivity index (χ3n) is 4.46. The quantitative estimate of drug-likeness (QED) is 0.767. The second kappa shape index (κ2) is 5.22. The number of fused-ring (bicyclic) bond motifs is 1. The Labute approximate surface area is 133 Å². The van der Waals surface area contributed by atoms with Crippen molar-refractivity contribution < 1.29 is 0 Å². The standard InChI is InChI=1S/C15H20N8/c1-21-8-11(6-17-21)5-10-3-4-23(9-10)15-19-13(16)12-7-18-22(2)14(12)20-15/h6-8,10H,3-5,9H2,1-2H3,(H2,16,19,20). The number of nitrogen functional groups attached to an aromatic ring is 1. The highest BCUT2D eigenvalue weighted by atomic mass is 15.3. The molecule has 1 fully saturated rings. The molecule has 0 aromatic carbocycles. The van der Waals surface area contributed by atoms with Crippen LogP contribution in [0.2, 0.25) is 0 Å². The summed E-state index contributed by atoms with van der Waals surface area (Å²) in [4.78, 5) is 11.3. The van der Waals surface area contributed by atoms with Crippen LogP contribution in [0.4, 0.5) is 11.8 Å². The van der Waals surface area contributed by atoms with E-state index in [-0.39, 0.29) is 0 Å². The van der Waals surface area contributed by atoms with Crippen LogP contribution in [-0.2, 0) is 20.5 Å². The van der Waals surface area contributed by atoms with Crippen molar-refractivity contribution in [1.29, 1.82) is 0 Å². The van der Waals surface area contributed by atoms with Crippen LogP contribution >= 0.6 is 0 Å². The predicted octanol–water partition coefficient (Wildman–Crippen LogP) is 0.748. The summed E-state index contributed by atoms with van der Waals surface area (Å²) in [6.07, 6.45) is 7.90. The summed E-state index contributed by atoms with van der Waals surface area (Å²) in [5.74, 6) is 1.78. The highest BCUT2D eigenvalue weighted by Crippen LogP contribution is 2.26. The van der Waals surface area contributed by atoms with Gasteiger partial charge in [-0.3, -0.25) is 9.36 Å². The topological polar surface area (TPSA) is 90.7 Å². The van der Waals surface area contributed by atoms with E-state index in [2.05, 4.69) is 31.3 Å². The third kappa shape index (κ3) is 2.49. The van der Waals surface area contributed by atoms with Gasteiger partial charge in [0.15, 0.2) is 5.65 Å². The summed E-state index contributed by atoms with van der Waals surface area (Å²) in [5.41, 5.74) is 8.12. The Morgan fingerprint density at radius 1 is 1.22 bits per heavy atom. The summed E-state index contributed by atoms with van der Waals surface area (Å²) < 4.78 is 3.59. The molecule has 3 aromatic rings. The lowest BCUT2D eigenvalue weighted by molar-refractivity contribution is 0.585. The fourth-order valence-electron chi connectivity index (χ4n) is 3.26. The molecule has 1 aliphatic heterocycles. The Balaban J connectivity index is 1.54. The number of nitrogens with two attached hydrogens (primary N) is 1. The van der Waals surface area contributed by atoms with Crippen LogP contribution in [0, 0.1) is 5.92 Å². The molecular weight excluding hydrogens is 292 g/mol. The Bertz CT molecular complexity index is 848. The monoisotopic (exact) mass is 312 g/mol. The minimum Gasteiger partial charge on any atom is -0.383 e. The maximum atomic E-state index is 6.06. The van der Waals surface area contributed by atoms with Crippen molar-refractivity contribution >= 4 is 22.8 Å². The molecule has 8 heteroatoms. The average Bonchev–Trinajstić information content (AvgIpc) is 3.22. The molecule has 1 aliphatic rings. The van der Waals surface area contributed by atoms with E-state index < -0.39 is 0 Å². The van der Waals surface area contributed by atoms with Gasteiger partial charge in [0.1, 0.15) is 5.82 Å². The second-order valence-corrected chi connectivity index (χ2v) is 6.24. The fourth-order valence-corrected chi connectivity index (χ4v) is 3.26. The summed E-state index contributed by atoms with van der Waals surface area (Å²) in [6.45, 7) is 1.89. The van der Waals surface area contributed by atoms with Crippen LogP contribution in [0.5, 0.6) is 0 Å². The molecule has 0 aliphatic carbocycles. The number of hydrogen-bond acceptors (Lipinski definition) is 6. The molecule has 1 saturated heterocycles. The predicted molar refractivity (Wildman–Crippen MR) is 87.9 cm³/mol. The minimum absolute atomic E-state index is 0.494. The number of aryl methyl sites for hydroxylation is 2. The molecule has 3 aromatic heterocycles. The van der Waals surface area contributed by atoms with Gasteiger partial charge in [-0.15, -0.1) is 0 Å². The lowest BCUT2D eigenvalue weighted by Gasteiger charge is -2.16. The van der Waals surface area contributed by atoms with E-state index in [1.807, 2.05) is 25.0 Å². The fraction of sp³-hybridized carbons (Fsp3) is 0.467. The van der Waals surface area contributed by atoms with E-state index in [1.54, 1.807) is 10.9 Å². The van der Waals surface area contributed by atoms with Crippen LogP contribution < -0.4 is 10.6 Å². The van der Waals surface area contributed by atoms with Crippen LogP contribution in [0.15, 0.2) is 18.6 Å². The lowest BCUT2D eigenvalue weighted by Crippen LogP contribution is -2.23. The maximum absolute atomic E-state index is 6.06. The molecule has 0 spiro atoms. The van der Waals surface area contributed by atoms with Crippen molar-refractivity contribution in [3.05, 3.63) is 24.2 Å². The molecule has 1 unspecified atom stereocenters. The first-order valence-corrected chi connectivity index (χ1v) is 7.78. The molecular formula is C15H20N8. The number of aromatic nitrogens is 6. The number of hydrogen-bond donors (Lipinski definition) is 1. The van der Waals surface area contributed by atoms with Gasteiger partial charge >= 0.3 is 0 Å². The highest BCUT2D eigenvalue weighted by Gasteiger charge is 2.26. The van der Waals surface area contributed by atoms with Crippen molar-refractivity contribution in [2.75, 3.05) is 23.7 Å². The first-order valence-electron chi connectivity index (χ1n) is 7.78. The maximum Gasteiger partial charge on any atom is 0.229 e. The van der Waals surface area contributed by atoms with Gasteiger partial charge in [0, 0.05) is 33.4 Å². The van der Waals surface area contributed by atoms with Crippen molar-refractivity contribution in [2.24, 2.45) is 20.0 Å². The lowest BCUT2D eigenvalue weighted by atomic mass is 10.0. The molecule has 4 rings (SSSR count). The van der Waals surface area contributed by atoms with E-state index in [4.69, 9.17) is 5.73 Å². The van der Waals surface area contributed by atoms with Gasteiger partial charge in [-0.2, -0.15) is 20.2 Å². The zero-order chi connectivity index (χ0) is 16.0. The molecule has 4 heterocycles. The van der Waals surface area contributed by atoms with Gasteiger partial charge in [-0.1, -0.05) is 0 Å². The zero-order valence-corrected chi connectivity index (χ0v) is 13.3. The van der Waals surface area contributed by atoms with Gasteiger partial charge in [0.05, 0.1) is 17.8 Å². The van der Waals surface area contributed by atoms with Crippen LogP contribution in [0.3, 0.4) is 0 Å². The van der Waals surface area contributed by atoms with Crippen LogP contribution in [-0.4, -0.2) is 42.6 Å². The Morgan fingerprint density at radius 3 is 2.87 bits per heavy atom. The van der Waals surface area contributed by atoms with Crippen molar-refractivity contribution in [3.8, 4) is 0 Å². The SMILES string of the molecule is Cn1cc(CC2CCN(c3nc(N)c4cnn(C)c4n3)C2)cn1. The van der Waals surface area contributed by atoms with E-state index in [0.29, 0.717) is 17.7 Å². The Kier molecular flexibility index (Phi) is 3.17. The summed E-state index contributed by atoms with van der Waals surface area (Å²) in [5, 5.41) is 9.25. The van der Waals surface area contributed by atoms with Crippen LogP contribution in [0.1, 0.15) is 12.0 Å². The Hall–Kier alpha value is -2.64. The molecule has 23 heavy (non-hydrogen) atoms. The van der Waals surface area contributed by atoms with Gasteiger partial charge in [0.2, 0.25) is 5.95 Å². The number of rotatable bonds is 3. The van der Waals surface area contributed by atoms with E-state index in [9.17, 15) is 0 Å². The van der Waals surface area contributed by atoms with Gasteiger partial charge < -0.3 is 10.6 Å². The Morgan fingerprint density at radius 2 is 2.09 bits per heavy atom. The second-order valence-electron chi connectivity index (χ2n) is 6.24. The van der Waals surface area contributed by atoms with Crippen molar-refractivity contribution in [2.45, 2.75) is 12.8 Å².